The maximum absolute atomic E-state index is 6.67. The van der Waals surface area contributed by atoms with Gasteiger partial charge in [-0.1, -0.05) is 11.3 Å². The van der Waals surface area contributed by atoms with Gasteiger partial charge >= 0.3 is 15.1 Å². The fourth-order valence-electron chi connectivity index (χ4n) is 1.48. The Bertz CT molecular complexity index is 410. The van der Waals surface area contributed by atoms with E-state index >= 15 is 0 Å². The number of hydrogen-bond donors (Lipinski definition) is 0. The van der Waals surface area contributed by atoms with Crippen LogP contribution in [0.5, 0.6) is 0 Å². The molecule has 0 bridgehead atoms. The third-order valence-electron chi connectivity index (χ3n) is 4.28. The van der Waals surface area contributed by atoms with Gasteiger partial charge in [0.1, 0.15) is 9.24 Å². The second-order valence-electron chi connectivity index (χ2n) is 7.60. The zero-order valence-electron chi connectivity index (χ0n) is 13.6. The quantitative estimate of drug-likeness (QED) is 0.571. The van der Waals surface area contributed by atoms with Crippen LogP contribution in [0.2, 0.25) is 0 Å². The highest BCUT2D eigenvalue weighted by Gasteiger charge is 2.47. The lowest BCUT2D eigenvalue weighted by atomic mass is 10.3. The summed E-state index contributed by atoms with van der Waals surface area (Å²) in [5.41, 5.74) is 0. The molecular formula is C14H26B2P2S+2. The Labute approximate surface area is 127 Å². The molecule has 0 aliphatic heterocycles. The van der Waals surface area contributed by atoms with E-state index in [4.69, 9.17) is 15.1 Å². The first kappa shape index (κ1) is 17.7. The van der Waals surface area contributed by atoms with Gasteiger partial charge in [-0.15, -0.1) is 0 Å². The van der Waals surface area contributed by atoms with Crippen molar-refractivity contribution >= 4 is 50.0 Å². The Morgan fingerprint density at radius 2 is 1.05 bits per heavy atom. The van der Waals surface area contributed by atoms with E-state index in [1.807, 2.05) is 11.3 Å². The smallest absolute Gasteiger partial charge is 0.0657 e. The molecule has 0 aromatic carbocycles. The fraction of sp³-hybridized carbons (Fsp3) is 0.714. The van der Waals surface area contributed by atoms with Crippen LogP contribution in [0.15, 0.2) is 12.1 Å². The van der Waals surface area contributed by atoms with Crippen LogP contribution in [0, 0.1) is 0 Å². The topological polar surface area (TPSA) is 0 Å². The largest absolute Gasteiger partial charge is 0.372 e. The fourth-order valence-corrected chi connectivity index (χ4v) is 8.02. The SMILES string of the molecule is [B][P+](C)(c1ccc([P+]([B])(C)C(C)(C)C)s1)C(C)(C)C. The molecule has 0 saturated carbocycles. The van der Waals surface area contributed by atoms with Crippen molar-refractivity contribution in [2.45, 2.75) is 51.9 Å². The predicted molar refractivity (Wildman–Crippen MR) is 100 cm³/mol. The predicted octanol–water partition coefficient (Wildman–Crippen LogP) is 4.06. The van der Waals surface area contributed by atoms with Gasteiger partial charge in [0.2, 0.25) is 0 Å². The lowest BCUT2D eigenvalue weighted by Crippen LogP contribution is -2.28. The van der Waals surface area contributed by atoms with E-state index in [0.717, 1.165) is 0 Å². The van der Waals surface area contributed by atoms with Crippen LogP contribution in [0.3, 0.4) is 0 Å². The monoisotopic (exact) mass is 310 g/mol. The molecule has 0 amide bonds. The molecule has 0 saturated heterocycles. The maximum Gasteiger partial charge on any atom is 0.372 e. The van der Waals surface area contributed by atoms with Crippen molar-refractivity contribution in [1.82, 2.24) is 0 Å². The van der Waals surface area contributed by atoms with Gasteiger partial charge in [0.25, 0.3) is 0 Å². The standard InChI is InChI=1S/C14H26B2P2S/c1-13(2,3)17(7,15)11-9-10-12(19-11)18(8,16)14(4,5)6/h9-10H,1-8H3/q+2. The average molecular weight is 310 g/mol. The average Bonchev–Trinajstić information content (AvgIpc) is 2.62. The van der Waals surface area contributed by atoms with Crippen LogP contribution in [-0.2, 0) is 0 Å². The summed E-state index contributed by atoms with van der Waals surface area (Å²) in [5, 5.41) is 0.278. The van der Waals surface area contributed by atoms with Gasteiger partial charge in [0.05, 0.1) is 10.3 Å². The lowest BCUT2D eigenvalue weighted by molar-refractivity contribution is 0.787. The third-order valence-corrected chi connectivity index (χ3v) is 15.5. The van der Waals surface area contributed by atoms with Crippen LogP contribution >= 0.6 is 25.6 Å². The molecule has 0 aliphatic carbocycles. The first-order chi connectivity index (χ1) is 8.21. The summed E-state index contributed by atoms with van der Waals surface area (Å²) >= 11 is 1.85. The minimum Gasteiger partial charge on any atom is -0.0657 e. The van der Waals surface area contributed by atoms with E-state index in [1.165, 1.54) is 9.24 Å². The second-order valence-corrected chi connectivity index (χ2v) is 17.2. The molecule has 4 radical (unpaired) electrons. The van der Waals surface area contributed by atoms with Crippen LogP contribution in [0.25, 0.3) is 0 Å². The van der Waals surface area contributed by atoms with Gasteiger partial charge in [-0.2, -0.15) is 0 Å². The molecule has 0 aliphatic rings. The van der Waals surface area contributed by atoms with Gasteiger partial charge in [-0.3, -0.25) is 0 Å². The zero-order chi connectivity index (χ0) is 15.3. The molecule has 1 heterocycles. The van der Waals surface area contributed by atoms with E-state index < -0.39 is 14.3 Å². The molecule has 2 atom stereocenters. The minimum absolute atomic E-state index is 0.139. The van der Waals surface area contributed by atoms with Gasteiger partial charge in [-0.05, 0) is 53.7 Å². The van der Waals surface area contributed by atoms with Crippen molar-refractivity contribution in [3.63, 3.8) is 0 Å². The molecular weight excluding hydrogens is 284 g/mol. The van der Waals surface area contributed by atoms with Crippen molar-refractivity contribution in [3.05, 3.63) is 12.1 Å². The van der Waals surface area contributed by atoms with Crippen molar-refractivity contribution in [2.75, 3.05) is 13.3 Å². The second kappa shape index (κ2) is 5.15. The van der Waals surface area contributed by atoms with Crippen LogP contribution in [-0.4, -0.2) is 38.8 Å². The van der Waals surface area contributed by atoms with Crippen molar-refractivity contribution < 1.29 is 0 Å². The van der Waals surface area contributed by atoms with E-state index in [0.29, 0.717) is 0 Å². The highest BCUT2D eigenvalue weighted by atomic mass is 32.1. The van der Waals surface area contributed by atoms with E-state index in [1.54, 1.807) is 0 Å². The molecule has 0 N–H and O–H groups in total. The van der Waals surface area contributed by atoms with Gasteiger partial charge < -0.3 is 0 Å². The highest BCUT2D eigenvalue weighted by Crippen LogP contribution is 2.64. The van der Waals surface area contributed by atoms with Crippen LogP contribution in [0.1, 0.15) is 41.5 Å². The highest BCUT2D eigenvalue weighted by molar-refractivity contribution is 8.09. The van der Waals surface area contributed by atoms with Gasteiger partial charge in [0.15, 0.2) is 0 Å². The summed E-state index contributed by atoms with van der Waals surface area (Å²) in [5.74, 6) is 0. The Morgan fingerprint density at radius 3 is 1.26 bits per heavy atom. The normalized spacial score (nSPS) is 19.8. The van der Waals surface area contributed by atoms with Crippen molar-refractivity contribution in [1.29, 1.82) is 0 Å². The Kier molecular flexibility index (Phi) is 4.81. The summed E-state index contributed by atoms with van der Waals surface area (Å²) in [4.78, 5) is 0. The molecule has 0 spiro atoms. The van der Waals surface area contributed by atoms with Gasteiger partial charge in [0, 0.05) is 27.6 Å². The Balaban J connectivity index is 3.22. The first-order valence-electron chi connectivity index (χ1n) is 6.62. The van der Waals surface area contributed by atoms with E-state index in [2.05, 4.69) is 67.0 Å². The van der Waals surface area contributed by atoms with E-state index in [9.17, 15) is 0 Å². The molecule has 2 unspecified atom stereocenters. The lowest BCUT2D eigenvalue weighted by Gasteiger charge is -2.32. The molecule has 1 rings (SSSR count). The molecule has 1 aromatic heterocycles. The summed E-state index contributed by atoms with van der Waals surface area (Å²) in [7, 11) is 10.1. The number of thiophene rings is 1. The molecule has 1 aromatic rings. The maximum atomic E-state index is 6.67. The summed E-state index contributed by atoms with van der Waals surface area (Å²) in [6.45, 7) is 17.9. The molecule has 102 valence electrons. The van der Waals surface area contributed by atoms with E-state index in [-0.39, 0.29) is 10.3 Å². The number of hydrogen-bond acceptors (Lipinski definition) is 1. The number of rotatable bonds is 2. The molecule has 19 heavy (non-hydrogen) atoms. The summed E-state index contributed by atoms with van der Waals surface area (Å²) < 4.78 is 2.69. The minimum atomic E-state index is -1.60. The first-order valence-corrected chi connectivity index (χ1v) is 12.1. The third kappa shape index (κ3) is 3.30. The van der Waals surface area contributed by atoms with Crippen molar-refractivity contribution in [3.8, 4) is 0 Å². The van der Waals surface area contributed by atoms with Gasteiger partial charge in [-0.25, -0.2) is 0 Å². The zero-order valence-corrected chi connectivity index (χ0v) is 16.2. The Morgan fingerprint density at radius 1 is 0.789 bits per heavy atom. The molecule has 0 fully saturated rings. The molecule has 5 heteroatoms. The molecule has 0 nitrogen and oxygen atoms in total. The van der Waals surface area contributed by atoms with Crippen LogP contribution < -0.4 is 9.24 Å². The van der Waals surface area contributed by atoms with Crippen molar-refractivity contribution in [2.24, 2.45) is 0 Å². The Hall–Kier alpha value is 0.690. The van der Waals surface area contributed by atoms with Crippen LogP contribution in [0.4, 0.5) is 0 Å². The summed E-state index contributed by atoms with van der Waals surface area (Å²) in [6, 6.07) is 4.44. The summed E-state index contributed by atoms with van der Waals surface area (Å²) in [6.07, 6.45) is 0.